The van der Waals surface area contributed by atoms with Crippen LogP contribution in [0.5, 0.6) is 0 Å². The van der Waals surface area contributed by atoms with Crippen LogP contribution in [0.4, 0.5) is 0 Å². The summed E-state index contributed by atoms with van der Waals surface area (Å²) in [6, 6.07) is 9.12. The van der Waals surface area contributed by atoms with E-state index in [0.717, 1.165) is 24.8 Å². The van der Waals surface area contributed by atoms with Gasteiger partial charge in [-0.25, -0.2) is 0 Å². The van der Waals surface area contributed by atoms with Gasteiger partial charge >= 0.3 is 0 Å². The summed E-state index contributed by atoms with van der Waals surface area (Å²) in [6.45, 7) is 2.28. The zero-order valence-corrected chi connectivity index (χ0v) is 13.2. The zero-order chi connectivity index (χ0) is 15.3. The van der Waals surface area contributed by atoms with Gasteiger partial charge < -0.3 is 5.11 Å². The van der Waals surface area contributed by atoms with Crippen LogP contribution in [-0.2, 0) is 16.6 Å². The van der Waals surface area contributed by atoms with Gasteiger partial charge in [0, 0.05) is 12.6 Å². The predicted molar refractivity (Wildman–Crippen MR) is 83.1 cm³/mol. The molecule has 0 radical (unpaired) electrons. The molecule has 0 aromatic heterocycles. The summed E-state index contributed by atoms with van der Waals surface area (Å²) >= 11 is 0. The molecule has 1 aliphatic heterocycles. The lowest BCUT2D eigenvalue weighted by Gasteiger charge is -2.33. The summed E-state index contributed by atoms with van der Waals surface area (Å²) in [5.74, 6) is 0. The van der Waals surface area contributed by atoms with Crippen LogP contribution in [0.25, 0.3) is 0 Å². The molecule has 1 saturated heterocycles. The highest BCUT2D eigenvalue weighted by Gasteiger charge is 2.31. The maximum atomic E-state index is 12.5. The number of aliphatic hydroxyl groups excluding tert-OH is 1. The molecule has 0 aliphatic carbocycles. The molecule has 1 heterocycles. The van der Waals surface area contributed by atoms with Gasteiger partial charge in [-0.05, 0) is 31.7 Å². The molecule has 0 saturated carbocycles. The van der Waals surface area contributed by atoms with Gasteiger partial charge in [0.15, 0.2) is 0 Å². The van der Waals surface area contributed by atoms with E-state index in [1.807, 2.05) is 37.3 Å². The van der Waals surface area contributed by atoms with Crippen molar-refractivity contribution in [3.63, 3.8) is 0 Å². The van der Waals surface area contributed by atoms with E-state index in [1.165, 1.54) is 4.31 Å². The van der Waals surface area contributed by atoms with Crippen molar-refractivity contribution in [2.45, 2.75) is 44.7 Å². The molecule has 2 rings (SSSR count). The van der Waals surface area contributed by atoms with Crippen LogP contribution < -0.4 is 4.72 Å². The minimum Gasteiger partial charge on any atom is -0.395 e. The van der Waals surface area contributed by atoms with Gasteiger partial charge in [0.1, 0.15) is 0 Å². The molecule has 1 aromatic rings. The van der Waals surface area contributed by atoms with Crippen LogP contribution in [0.3, 0.4) is 0 Å². The normalized spacial score (nSPS) is 22.1. The van der Waals surface area contributed by atoms with Gasteiger partial charge in [0.2, 0.25) is 0 Å². The lowest BCUT2D eigenvalue weighted by atomic mass is 10.1. The van der Waals surface area contributed by atoms with Crippen molar-refractivity contribution >= 4 is 10.2 Å². The number of piperidine rings is 1. The second-order valence-corrected chi connectivity index (χ2v) is 7.30. The number of rotatable bonds is 6. The average molecular weight is 312 g/mol. The Hall–Kier alpha value is -0.950. The summed E-state index contributed by atoms with van der Waals surface area (Å²) in [7, 11) is -3.54. The van der Waals surface area contributed by atoms with Crippen molar-refractivity contribution < 1.29 is 13.5 Å². The highest BCUT2D eigenvalue weighted by atomic mass is 32.2. The van der Waals surface area contributed by atoms with Crippen molar-refractivity contribution in [3.8, 4) is 0 Å². The maximum Gasteiger partial charge on any atom is 0.280 e. The quantitative estimate of drug-likeness (QED) is 0.832. The smallest absolute Gasteiger partial charge is 0.280 e. The first-order valence-corrected chi connectivity index (χ1v) is 8.91. The molecule has 6 heteroatoms. The molecule has 2 atom stereocenters. The lowest BCUT2D eigenvalue weighted by Crippen LogP contribution is -2.51. The molecule has 0 amide bonds. The molecule has 1 unspecified atom stereocenters. The van der Waals surface area contributed by atoms with Crippen LogP contribution in [-0.4, -0.2) is 43.1 Å². The van der Waals surface area contributed by atoms with Gasteiger partial charge in [0.05, 0.1) is 12.6 Å². The molecule has 1 aliphatic rings. The van der Waals surface area contributed by atoms with Crippen LogP contribution in [0.1, 0.15) is 31.7 Å². The third kappa shape index (κ3) is 4.51. The Balaban J connectivity index is 2.03. The summed E-state index contributed by atoms with van der Waals surface area (Å²) < 4.78 is 29.1. The van der Waals surface area contributed by atoms with Gasteiger partial charge in [-0.15, -0.1) is 0 Å². The Bertz CT molecular complexity index is 533. The summed E-state index contributed by atoms with van der Waals surface area (Å²) in [6.07, 6.45) is 3.34. The van der Waals surface area contributed by atoms with E-state index in [4.69, 9.17) is 0 Å². The monoisotopic (exact) mass is 312 g/mol. The SMILES string of the molecule is CC1CCCCN1S(=O)(=O)N[C@H](CO)Cc1ccccc1. The first-order valence-electron chi connectivity index (χ1n) is 7.47. The van der Waals surface area contributed by atoms with Crippen molar-refractivity contribution in [1.29, 1.82) is 0 Å². The van der Waals surface area contributed by atoms with Crippen LogP contribution in [0, 0.1) is 0 Å². The van der Waals surface area contributed by atoms with Crippen molar-refractivity contribution in [3.05, 3.63) is 35.9 Å². The third-order valence-corrected chi connectivity index (χ3v) is 5.70. The molecular formula is C15H24N2O3S. The van der Waals surface area contributed by atoms with Crippen molar-refractivity contribution in [1.82, 2.24) is 9.03 Å². The lowest BCUT2D eigenvalue weighted by molar-refractivity contribution is 0.240. The Labute approximate surface area is 127 Å². The van der Waals surface area contributed by atoms with E-state index in [1.54, 1.807) is 0 Å². The predicted octanol–water partition coefficient (Wildman–Crippen LogP) is 1.30. The largest absolute Gasteiger partial charge is 0.395 e. The molecular weight excluding hydrogens is 288 g/mol. The summed E-state index contributed by atoms with van der Waals surface area (Å²) in [4.78, 5) is 0. The molecule has 5 nitrogen and oxygen atoms in total. The Kier molecular flexibility index (Phi) is 5.75. The molecule has 0 bridgehead atoms. The number of hydrogen-bond acceptors (Lipinski definition) is 3. The Morgan fingerprint density at radius 2 is 2.05 bits per heavy atom. The van der Waals surface area contributed by atoms with E-state index in [-0.39, 0.29) is 12.6 Å². The van der Waals surface area contributed by atoms with E-state index in [2.05, 4.69) is 4.72 Å². The van der Waals surface area contributed by atoms with Crippen molar-refractivity contribution in [2.75, 3.05) is 13.2 Å². The second-order valence-electron chi connectivity index (χ2n) is 5.65. The van der Waals surface area contributed by atoms with Crippen molar-refractivity contribution in [2.24, 2.45) is 0 Å². The van der Waals surface area contributed by atoms with Crippen LogP contribution in [0.2, 0.25) is 0 Å². The fraction of sp³-hybridized carbons (Fsp3) is 0.600. The van der Waals surface area contributed by atoms with Gasteiger partial charge in [-0.1, -0.05) is 36.8 Å². The van der Waals surface area contributed by atoms with E-state index in [9.17, 15) is 13.5 Å². The standard InChI is InChI=1S/C15H24N2O3S/c1-13-7-5-6-10-17(13)21(19,20)16-15(12-18)11-14-8-3-2-4-9-14/h2-4,8-9,13,15-16,18H,5-7,10-12H2,1H3/t13?,15-/m0/s1. The minimum atomic E-state index is -3.54. The van der Waals surface area contributed by atoms with Gasteiger partial charge in [-0.3, -0.25) is 0 Å². The molecule has 21 heavy (non-hydrogen) atoms. The zero-order valence-electron chi connectivity index (χ0n) is 12.4. The molecule has 2 N–H and O–H groups in total. The fourth-order valence-corrected chi connectivity index (χ4v) is 4.41. The number of nitrogens with zero attached hydrogens (tertiary/aromatic N) is 1. The molecule has 118 valence electrons. The highest BCUT2D eigenvalue weighted by Crippen LogP contribution is 2.19. The number of benzene rings is 1. The fourth-order valence-electron chi connectivity index (χ4n) is 2.75. The Morgan fingerprint density at radius 3 is 2.67 bits per heavy atom. The molecule has 0 spiro atoms. The highest BCUT2D eigenvalue weighted by molar-refractivity contribution is 7.87. The summed E-state index contributed by atoms with van der Waals surface area (Å²) in [5.41, 5.74) is 1.01. The number of nitrogens with one attached hydrogen (secondary N) is 1. The Morgan fingerprint density at radius 1 is 1.33 bits per heavy atom. The van der Waals surface area contributed by atoms with E-state index >= 15 is 0 Å². The maximum absolute atomic E-state index is 12.5. The molecule has 1 aromatic carbocycles. The van der Waals surface area contributed by atoms with Gasteiger partial charge in [-0.2, -0.15) is 17.4 Å². The first-order chi connectivity index (χ1) is 10.0. The minimum absolute atomic E-state index is 0.0207. The molecule has 1 fully saturated rings. The second kappa shape index (κ2) is 7.35. The van der Waals surface area contributed by atoms with Crippen LogP contribution >= 0.6 is 0 Å². The first kappa shape index (κ1) is 16.4. The van der Waals surface area contributed by atoms with Crippen LogP contribution in [0.15, 0.2) is 30.3 Å². The third-order valence-electron chi connectivity index (χ3n) is 3.91. The topological polar surface area (TPSA) is 69.6 Å². The summed E-state index contributed by atoms with van der Waals surface area (Å²) in [5, 5.41) is 9.47. The number of aliphatic hydroxyl groups is 1. The number of hydrogen-bond donors (Lipinski definition) is 2. The van der Waals surface area contributed by atoms with E-state index < -0.39 is 16.3 Å². The van der Waals surface area contributed by atoms with E-state index in [0.29, 0.717) is 13.0 Å². The van der Waals surface area contributed by atoms with Gasteiger partial charge in [0.25, 0.3) is 10.2 Å². The average Bonchev–Trinajstić information content (AvgIpc) is 2.47.